The fourth-order valence-electron chi connectivity index (χ4n) is 2.99. The van der Waals surface area contributed by atoms with Crippen molar-refractivity contribution in [3.8, 4) is 0 Å². The molecule has 0 bridgehead atoms. The molecule has 0 aromatic rings. The van der Waals surface area contributed by atoms with Gasteiger partial charge in [-0.2, -0.15) is 0 Å². The zero-order chi connectivity index (χ0) is 23.2. The van der Waals surface area contributed by atoms with Gasteiger partial charge in [-0.1, -0.05) is 12.2 Å². The van der Waals surface area contributed by atoms with Crippen molar-refractivity contribution in [2.45, 2.75) is 71.1 Å². The Bertz CT molecular complexity index is 601. The van der Waals surface area contributed by atoms with E-state index in [4.69, 9.17) is 40.6 Å². The SMILES string of the molecule is COCCNC(=S)CCCCOC1CC(OC(C)=O)C(OC(C)=O)C(COC(C)=O)O1. The molecule has 31 heavy (non-hydrogen) atoms. The van der Waals surface area contributed by atoms with E-state index in [1.54, 1.807) is 7.11 Å². The van der Waals surface area contributed by atoms with Gasteiger partial charge < -0.3 is 33.7 Å². The fourth-order valence-corrected chi connectivity index (χ4v) is 3.23. The Kier molecular flexibility index (Phi) is 13.2. The number of thiocarbonyl (C=S) groups is 1. The molecule has 0 amide bonds. The predicted molar refractivity (Wildman–Crippen MR) is 113 cm³/mol. The topological polar surface area (TPSA) is 119 Å². The van der Waals surface area contributed by atoms with Gasteiger partial charge in [-0.25, -0.2) is 0 Å². The molecule has 4 unspecified atom stereocenters. The van der Waals surface area contributed by atoms with Crippen LogP contribution in [0.3, 0.4) is 0 Å². The molecular weight excluding hydrogens is 430 g/mol. The Labute approximate surface area is 188 Å². The molecule has 1 N–H and O–H groups in total. The zero-order valence-electron chi connectivity index (χ0n) is 18.5. The highest BCUT2D eigenvalue weighted by molar-refractivity contribution is 7.80. The molecule has 1 aliphatic heterocycles. The lowest BCUT2D eigenvalue weighted by atomic mass is 10.0. The largest absolute Gasteiger partial charge is 0.463 e. The summed E-state index contributed by atoms with van der Waals surface area (Å²) in [5.74, 6) is -1.59. The second-order valence-corrected chi connectivity index (χ2v) is 7.53. The lowest BCUT2D eigenvalue weighted by Crippen LogP contribution is -2.54. The maximum absolute atomic E-state index is 11.5. The van der Waals surface area contributed by atoms with E-state index in [9.17, 15) is 14.4 Å². The highest BCUT2D eigenvalue weighted by Gasteiger charge is 2.44. The van der Waals surface area contributed by atoms with E-state index in [1.807, 2.05) is 0 Å². The van der Waals surface area contributed by atoms with Gasteiger partial charge in [-0.05, 0) is 19.3 Å². The van der Waals surface area contributed by atoms with E-state index in [-0.39, 0.29) is 13.0 Å². The van der Waals surface area contributed by atoms with Crippen LogP contribution < -0.4 is 5.32 Å². The molecule has 0 saturated carbocycles. The van der Waals surface area contributed by atoms with E-state index in [0.29, 0.717) is 19.8 Å². The maximum Gasteiger partial charge on any atom is 0.303 e. The molecule has 10 nitrogen and oxygen atoms in total. The summed E-state index contributed by atoms with van der Waals surface area (Å²) in [4.78, 5) is 35.0. The van der Waals surface area contributed by atoms with Crippen LogP contribution >= 0.6 is 12.2 Å². The Balaban J connectivity index is 2.57. The molecule has 4 atom stereocenters. The first-order chi connectivity index (χ1) is 14.7. The monoisotopic (exact) mass is 463 g/mol. The Morgan fingerprint density at radius 3 is 2.35 bits per heavy atom. The van der Waals surface area contributed by atoms with Crippen LogP contribution in [-0.2, 0) is 42.8 Å². The van der Waals surface area contributed by atoms with Crippen LogP contribution in [0.25, 0.3) is 0 Å². The number of rotatable bonds is 13. The number of hydrogen-bond acceptors (Lipinski definition) is 10. The highest BCUT2D eigenvalue weighted by Crippen LogP contribution is 2.27. The summed E-state index contributed by atoms with van der Waals surface area (Å²) in [6.07, 6.45) is -0.733. The average molecular weight is 464 g/mol. The van der Waals surface area contributed by atoms with Crippen LogP contribution in [0.1, 0.15) is 46.5 Å². The van der Waals surface area contributed by atoms with Gasteiger partial charge in [-0.15, -0.1) is 0 Å². The minimum atomic E-state index is -0.906. The van der Waals surface area contributed by atoms with Crippen LogP contribution in [0.4, 0.5) is 0 Å². The third kappa shape index (κ3) is 12.0. The first kappa shape index (κ1) is 27.2. The molecule has 0 aromatic heterocycles. The molecule has 0 radical (unpaired) electrons. The molecule has 1 aliphatic rings. The van der Waals surface area contributed by atoms with Gasteiger partial charge in [0, 0.05) is 47.5 Å². The summed E-state index contributed by atoms with van der Waals surface area (Å²) in [5, 5.41) is 3.11. The summed E-state index contributed by atoms with van der Waals surface area (Å²) in [7, 11) is 1.63. The van der Waals surface area contributed by atoms with E-state index < -0.39 is 42.5 Å². The van der Waals surface area contributed by atoms with Crippen LogP contribution in [0.5, 0.6) is 0 Å². The fraction of sp³-hybridized carbons (Fsp3) is 0.800. The summed E-state index contributed by atoms with van der Waals surface area (Å²) < 4.78 is 32.2. The standard InChI is InChI=1S/C20H33NO9S/c1-13(22)27-12-17-20(29-15(3)24)16(28-14(2)23)11-19(30-17)26-9-6-5-7-18(31)21-8-10-25-4/h16-17,19-20H,5-12H2,1-4H3,(H,21,31). The summed E-state index contributed by atoms with van der Waals surface area (Å²) in [6, 6.07) is 0. The van der Waals surface area contributed by atoms with Gasteiger partial charge in [0.2, 0.25) is 0 Å². The first-order valence-corrected chi connectivity index (χ1v) is 10.6. The minimum absolute atomic E-state index is 0.160. The average Bonchev–Trinajstić information content (AvgIpc) is 2.67. The summed E-state index contributed by atoms with van der Waals surface area (Å²) in [6.45, 7) is 5.27. The van der Waals surface area contributed by atoms with Gasteiger partial charge in [0.15, 0.2) is 12.4 Å². The predicted octanol–water partition coefficient (Wildman–Crippen LogP) is 1.28. The van der Waals surface area contributed by atoms with E-state index in [0.717, 1.165) is 24.3 Å². The summed E-state index contributed by atoms with van der Waals surface area (Å²) >= 11 is 5.25. The molecule has 1 fully saturated rings. The number of esters is 3. The second-order valence-electron chi connectivity index (χ2n) is 7.03. The number of carbonyl (C=O) groups is 3. The highest BCUT2D eigenvalue weighted by atomic mass is 32.1. The number of ether oxygens (including phenoxy) is 6. The second kappa shape index (κ2) is 15.1. The van der Waals surface area contributed by atoms with Gasteiger partial charge in [0.25, 0.3) is 0 Å². The van der Waals surface area contributed by atoms with Crippen LogP contribution in [-0.4, -0.2) is 81.0 Å². The van der Waals surface area contributed by atoms with Crippen LogP contribution in [0.2, 0.25) is 0 Å². The zero-order valence-corrected chi connectivity index (χ0v) is 19.4. The lowest BCUT2D eigenvalue weighted by Gasteiger charge is -2.39. The number of hydrogen-bond donors (Lipinski definition) is 1. The van der Waals surface area contributed by atoms with Crippen molar-refractivity contribution in [1.29, 1.82) is 0 Å². The van der Waals surface area contributed by atoms with Crippen LogP contribution in [0.15, 0.2) is 0 Å². The number of carbonyl (C=O) groups excluding carboxylic acids is 3. The van der Waals surface area contributed by atoms with Gasteiger partial charge in [0.1, 0.15) is 18.8 Å². The Hall–Kier alpha value is -1.82. The molecule has 1 heterocycles. The molecule has 0 aliphatic carbocycles. The van der Waals surface area contributed by atoms with Crippen molar-refractivity contribution in [2.24, 2.45) is 0 Å². The van der Waals surface area contributed by atoms with Gasteiger partial charge in [-0.3, -0.25) is 14.4 Å². The first-order valence-electron chi connectivity index (χ1n) is 10.2. The van der Waals surface area contributed by atoms with Crippen molar-refractivity contribution < 1.29 is 42.8 Å². The maximum atomic E-state index is 11.5. The quantitative estimate of drug-likeness (QED) is 0.184. The van der Waals surface area contributed by atoms with Gasteiger partial charge >= 0.3 is 17.9 Å². The van der Waals surface area contributed by atoms with Crippen molar-refractivity contribution >= 4 is 35.1 Å². The third-order valence-electron chi connectivity index (χ3n) is 4.28. The normalized spacial score (nSPS) is 23.0. The third-order valence-corrected chi connectivity index (χ3v) is 4.63. The number of unbranched alkanes of at least 4 members (excludes halogenated alkanes) is 1. The molecule has 0 spiro atoms. The summed E-state index contributed by atoms with van der Waals surface area (Å²) in [5.41, 5.74) is 0. The minimum Gasteiger partial charge on any atom is -0.463 e. The molecule has 1 rings (SSSR count). The van der Waals surface area contributed by atoms with Gasteiger partial charge in [0.05, 0.1) is 11.6 Å². The number of nitrogens with one attached hydrogen (secondary N) is 1. The van der Waals surface area contributed by atoms with E-state index in [2.05, 4.69) is 5.32 Å². The molecule has 178 valence electrons. The molecule has 0 aromatic carbocycles. The smallest absolute Gasteiger partial charge is 0.303 e. The molecular formula is C20H33NO9S. The van der Waals surface area contributed by atoms with Crippen molar-refractivity contribution in [3.05, 3.63) is 0 Å². The van der Waals surface area contributed by atoms with Crippen molar-refractivity contribution in [1.82, 2.24) is 5.32 Å². The molecule has 11 heteroatoms. The molecule has 1 saturated heterocycles. The lowest BCUT2D eigenvalue weighted by molar-refractivity contribution is -0.266. The van der Waals surface area contributed by atoms with E-state index in [1.165, 1.54) is 20.8 Å². The van der Waals surface area contributed by atoms with Crippen molar-refractivity contribution in [3.63, 3.8) is 0 Å². The van der Waals surface area contributed by atoms with Crippen LogP contribution in [0, 0.1) is 0 Å². The van der Waals surface area contributed by atoms with E-state index >= 15 is 0 Å². The van der Waals surface area contributed by atoms with Crippen molar-refractivity contribution in [2.75, 3.05) is 33.5 Å². The number of methoxy groups -OCH3 is 1. The Morgan fingerprint density at radius 2 is 1.74 bits per heavy atom. The Morgan fingerprint density at radius 1 is 1.03 bits per heavy atom.